The quantitative estimate of drug-likeness (QED) is 0.460. The lowest BCUT2D eigenvalue weighted by atomic mass is 10.1. The molecular formula is C28H32N2O5. The highest BCUT2D eigenvalue weighted by molar-refractivity contribution is 5.95. The topological polar surface area (TPSA) is 60.5 Å². The standard InChI is InChI=1S/C28H32N2O5/c1-32-25-14-13-21(26(33-2)27(25)34-3)19-29-15-17-30(18-16-29)28(31)24-12-8-7-9-22(24)20-35-23-10-5-4-6-11-23/h4-14H,15-20H2,1-3H3. The second-order valence-electron chi connectivity index (χ2n) is 8.32. The Bertz CT molecular complexity index is 1130. The van der Waals surface area contributed by atoms with Crippen molar-refractivity contribution in [2.45, 2.75) is 13.2 Å². The number of carbonyl (C=O) groups excluding carboxylic acids is 1. The van der Waals surface area contributed by atoms with E-state index >= 15 is 0 Å². The molecule has 7 nitrogen and oxygen atoms in total. The molecule has 184 valence electrons. The minimum absolute atomic E-state index is 0.0422. The predicted molar refractivity (Wildman–Crippen MR) is 134 cm³/mol. The number of benzene rings is 3. The van der Waals surface area contributed by atoms with Gasteiger partial charge >= 0.3 is 0 Å². The van der Waals surface area contributed by atoms with Crippen LogP contribution in [0.15, 0.2) is 66.7 Å². The zero-order valence-electron chi connectivity index (χ0n) is 20.5. The maximum atomic E-state index is 13.4. The molecule has 1 aliphatic rings. The van der Waals surface area contributed by atoms with Crippen LogP contribution < -0.4 is 18.9 Å². The zero-order chi connectivity index (χ0) is 24.6. The van der Waals surface area contributed by atoms with Gasteiger partial charge in [-0.05, 0) is 24.3 Å². The van der Waals surface area contributed by atoms with Crippen LogP contribution in [0.2, 0.25) is 0 Å². The number of hydrogen-bond donors (Lipinski definition) is 0. The Morgan fingerprint density at radius 2 is 1.43 bits per heavy atom. The van der Waals surface area contributed by atoms with Gasteiger partial charge in [0.1, 0.15) is 12.4 Å². The Labute approximate surface area is 206 Å². The highest BCUT2D eigenvalue weighted by Crippen LogP contribution is 2.40. The summed E-state index contributed by atoms with van der Waals surface area (Å²) in [5.41, 5.74) is 2.60. The third kappa shape index (κ3) is 5.69. The van der Waals surface area contributed by atoms with Crippen molar-refractivity contribution >= 4 is 5.91 Å². The molecule has 1 heterocycles. The van der Waals surface area contributed by atoms with Gasteiger partial charge in [-0.2, -0.15) is 0 Å². The average molecular weight is 477 g/mol. The molecule has 0 spiro atoms. The van der Waals surface area contributed by atoms with Crippen molar-refractivity contribution in [1.29, 1.82) is 0 Å². The van der Waals surface area contributed by atoms with Crippen molar-refractivity contribution in [3.63, 3.8) is 0 Å². The number of methoxy groups -OCH3 is 3. The smallest absolute Gasteiger partial charge is 0.254 e. The summed E-state index contributed by atoms with van der Waals surface area (Å²) in [6.07, 6.45) is 0. The lowest BCUT2D eigenvalue weighted by Crippen LogP contribution is -2.48. The molecule has 1 saturated heterocycles. The maximum Gasteiger partial charge on any atom is 0.254 e. The van der Waals surface area contributed by atoms with Crippen molar-refractivity contribution in [1.82, 2.24) is 9.80 Å². The zero-order valence-corrected chi connectivity index (χ0v) is 20.5. The average Bonchev–Trinajstić information content (AvgIpc) is 2.92. The number of ether oxygens (including phenoxy) is 4. The van der Waals surface area contributed by atoms with E-state index in [-0.39, 0.29) is 5.91 Å². The lowest BCUT2D eigenvalue weighted by molar-refractivity contribution is 0.0624. The van der Waals surface area contributed by atoms with E-state index < -0.39 is 0 Å². The fourth-order valence-electron chi connectivity index (χ4n) is 4.34. The summed E-state index contributed by atoms with van der Waals surface area (Å²) >= 11 is 0. The van der Waals surface area contributed by atoms with Gasteiger partial charge < -0.3 is 23.8 Å². The first-order valence-electron chi connectivity index (χ1n) is 11.7. The molecule has 7 heteroatoms. The molecule has 35 heavy (non-hydrogen) atoms. The van der Waals surface area contributed by atoms with Crippen LogP contribution >= 0.6 is 0 Å². The van der Waals surface area contributed by atoms with Gasteiger partial charge in [0.05, 0.1) is 21.3 Å². The van der Waals surface area contributed by atoms with Crippen LogP contribution in [0.4, 0.5) is 0 Å². The van der Waals surface area contributed by atoms with E-state index in [1.165, 1.54) is 0 Å². The van der Waals surface area contributed by atoms with E-state index in [1.807, 2.05) is 71.6 Å². The van der Waals surface area contributed by atoms with E-state index in [1.54, 1.807) is 21.3 Å². The first-order chi connectivity index (χ1) is 17.1. The highest BCUT2D eigenvalue weighted by Gasteiger charge is 2.25. The van der Waals surface area contributed by atoms with E-state index in [0.717, 1.165) is 30.0 Å². The molecule has 0 aliphatic carbocycles. The Kier molecular flexibility index (Phi) is 8.11. The van der Waals surface area contributed by atoms with E-state index in [2.05, 4.69) is 4.90 Å². The molecule has 3 aromatic rings. The third-order valence-corrected chi connectivity index (χ3v) is 6.22. The monoisotopic (exact) mass is 476 g/mol. The summed E-state index contributed by atoms with van der Waals surface area (Å²) in [4.78, 5) is 17.6. The molecule has 0 bridgehead atoms. The largest absolute Gasteiger partial charge is 0.493 e. The predicted octanol–water partition coefficient (Wildman–Crippen LogP) is 4.25. The highest BCUT2D eigenvalue weighted by atomic mass is 16.5. The number of hydrogen-bond acceptors (Lipinski definition) is 6. The maximum absolute atomic E-state index is 13.4. The molecule has 0 radical (unpaired) electrons. The van der Waals surface area contributed by atoms with Gasteiger partial charge in [-0.15, -0.1) is 0 Å². The van der Waals surface area contributed by atoms with Crippen molar-refractivity contribution in [3.05, 3.63) is 83.4 Å². The van der Waals surface area contributed by atoms with Crippen molar-refractivity contribution in [2.24, 2.45) is 0 Å². The van der Waals surface area contributed by atoms with Gasteiger partial charge in [0.15, 0.2) is 11.5 Å². The SMILES string of the molecule is COc1ccc(CN2CCN(C(=O)c3ccccc3COc3ccccc3)CC2)c(OC)c1OC. The molecule has 3 aromatic carbocycles. The summed E-state index contributed by atoms with van der Waals surface area (Å²) in [5, 5.41) is 0. The van der Waals surface area contributed by atoms with Crippen LogP contribution in [0.1, 0.15) is 21.5 Å². The van der Waals surface area contributed by atoms with Gasteiger partial charge in [0, 0.05) is 49.4 Å². The molecule has 1 fully saturated rings. The van der Waals surface area contributed by atoms with E-state index in [0.29, 0.717) is 49.1 Å². The number of carbonyl (C=O) groups is 1. The number of rotatable bonds is 9. The van der Waals surface area contributed by atoms with Crippen LogP contribution in [0.5, 0.6) is 23.0 Å². The third-order valence-electron chi connectivity index (χ3n) is 6.22. The number of amides is 1. The van der Waals surface area contributed by atoms with Crippen LogP contribution in [0.3, 0.4) is 0 Å². The molecule has 0 aromatic heterocycles. The normalized spacial score (nSPS) is 13.9. The molecule has 0 atom stereocenters. The molecule has 0 saturated carbocycles. The lowest BCUT2D eigenvalue weighted by Gasteiger charge is -2.35. The minimum atomic E-state index is 0.0422. The van der Waals surface area contributed by atoms with Crippen molar-refractivity contribution in [2.75, 3.05) is 47.5 Å². The van der Waals surface area contributed by atoms with Crippen molar-refractivity contribution in [3.8, 4) is 23.0 Å². The summed E-state index contributed by atoms with van der Waals surface area (Å²) in [7, 11) is 4.85. The fraction of sp³-hybridized carbons (Fsp3) is 0.321. The molecular weight excluding hydrogens is 444 g/mol. The summed E-state index contributed by atoms with van der Waals surface area (Å²) in [5.74, 6) is 2.74. The van der Waals surface area contributed by atoms with Crippen LogP contribution in [-0.4, -0.2) is 63.2 Å². The Morgan fingerprint density at radius 1 is 0.743 bits per heavy atom. The minimum Gasteiger partial charge on any atom is -0.493 e. The summed E-state index contributed by atoms with van der Waals surface area (Å²) in [6.45, 7) is 3.90. The summed E-state index contributed by atoms with van der Waals surface area (Å²) < 4.78 is 22.4. The van der Waals surface area contributed by atoms with Gasteiger partial charge in [-0.1, -0.05) is 42.5 Å². The van der Waals surface area contributed by atoms with Gasteiger partial charge in [-0.3, -0.25) is 9.69 Å². The number of nitrogens with zero attached hydrogens (tertiary/aromatic N) is 2. The van der Waals surface area contributed by atoms with Crippen LogP contribution in [0, 0.1) is 0 Å². The van der Waals surface area contributed by atoms with Crippen LogP contribution in [-0.2, 0) is 13.2 Å². The van der Waals surface area contributed by atoms with Crippen molar-refractivity contribution < 1.29 is 23.7 Å². The van der Waals surface area contributed by atoms with Crippen LogP contribution in [0.25, 0.3) is 0 Å². The Morgan fingerprint density at radius 3 is 2.11 bits per heavy atom. The number of piperazine rings is 1. The molecule has 1 amide bonds. The first-order valence-corrected chi connectivity index (χ1v) is 11.7. The van der Waals surface area contributed by atoms with Gasteiger partial charge in [-0.25, -0.2) is 0 Å². The second kappa shape index (κ2) is 11.6. The molecule has 0 unspecified atom stereocenters. The Hall–Kier alpha value is -3.71. The Balaban J connectivity index is 1.39. The van der Waals surface area contributed by atoms with E-state index in [9.17, 15) is 4.79 Å². The van der Waals surface area contributed by atoms with Gasteiger partial charge in [0.25, 0.3) is 5.91 Å². The molecule has 0 N–H and O–H groups in total. The second-order valence-corrected chi connectivity index (χ2v) is 8.32. The molecule has 1 aliphatic heterocycles. The van der Waals surface area contributed by atoms with Gasteiger partial charge in [0.2, 0.25) is 5.75 Å². The molecule has 4 rings (SSSR count). The fourth-order valence-corrected chi connectivity index (χ4v) is 4.34. The summed E-state index contributed by atoms with van der Waals surface area (Å²) in [6, 6.07) is 21.2. The van der Waals surface area contributed by atoms with E-state index in [4.69, 9.17) is 18.9 Å². The number of para-hydroxylation sites is 1. The first kappa shape index (κ1) is 24.4.